The molecule has 2 N–H and O–H groups in total. The molecule has 0 radical (unpaired) electrons. The van der Waals surface area contributed by atoms with E-state index in [4.69, 9.17) is 10.5 Å². The van der Waals surface area contributed by atoms with Crippen LogP contribution in [0.25, 0.3) is 0 Å². The molecule has 1 saturated heterocycles. The number of amides is 2. The van der Waals surface area contributed by atoms with Crippen LogP contribution in [0.3, 0.4) is 0 Å². The van der Waals surface area contributed by atoms with Crippen molar-refractivity contribution in [2.45, 2.75) is 142 Å². The number of fused-ring (bicyclic) bond motifs is 1. The first-order valence-corrected chi connectivity index (χ1v) is 13.3. The third-order valence-electron chi connectivity index (χ3n) is 7.87. The molecule has 194 valence electrons. The number of nitrogens with zero attached hydrogens (tertiary/aromatic N) is 2. The van der Waals surface area contributed by atoms with Gasteiger partial charge < -0.3 is 20.3 Å². The second-order valence-electron chi connectivity index (χ2n) is 13.0. The van der Waals surface area contributed by atoms with Crippen LogP contribution in [-0.2, 0) is 19.1 Å². The minimum Gasteiger partial charge on any atom is -0.458 e. The Morgan fingerprint density at radius 3 is 2.09 bits per heavy atom. The Kier molecular flexibility index (Phi) is 7.76. The zero-order valence-corrected chi connectivity index (χ0v) is 22.5. The first kappa shape index (κ1) is 27.0. The lowest BCUT2D eigenvalue weighted by Crippen LogP contribution is -2.69. The molecule has 7 heteroatoms. The van der Waals surface area contributed by atoms with Crippen LogP contribution in [0.1, 0.15) is 113 Å². The molecule has 0 bridgehead atoms. The summed E-state index contributed by atoms with van der Waals surface area (Å²) in [5.41, 5.74) is 4.88. The average Bonchev–Trinajstić information content (AvgIpc) is 3.09. The van der Waals surface area contributed by atoms with Gasteiger partial charge in [0.1, 0.15) is 17.7 Å². The summed E-state index contributed by atoms with van der Waals surface area (Å²) >= 11 is 0. The van der Waals surface area contributed by atoms with Gasteiger partial charge in [-0.2, -0.15) is 0 Å². The molecule has 3 aliphatic rings. The highest BCUT2D eigenvalue weighted by Gasteiger charge is 2.55. The number of esters is 1. The summed E-state index contributed by atoms with van der Waals surface area (Å²) in [4.78, 5) is 44.5. The number of carbonyl (C=O) groups is 3. The zero-order chi connectivity index (χ0) is 25.5. The molecule has 0 aromatic carbocycles. The lowest BCUT2D eigenvalue weighted by Gasteiger charge is -2.51. The maximum atomic E-state index is 14.5. The minimum absolute atomic E-state index is 0.0116. The van der Waals surface area contributed by atoms with Crippen molar-refractivity contribution in [3.8, 4) is 0 Å². The second-order valence-corrected chi connectivity index (χ2v) is 13.0. The molecule has 0 aromatic rings. The van der Waals surface area contributed by atoms with Gasteiger partial charge in [0.2, 0.25) is 11.8 Å². The van der Waals surface area contributed by atoms with Gasteiger partial charge in [0, 0.05) is 13.0 Å². The van der Waals surface area contributed by atoms with E-state index in [1.165, 1.54) is 6.92 Å². The number of likely N-dealkylation sites (tertiary alicyclic amines) is 1. The second kappa shape index (κ2) is 9.79. The normalized spacial score (nSPS) is 28.1. The van der Waals surface area contributed by atoms with E-state index < -0.39 is 28.8 Å². The van der Waals surface area contributed by atoms with Crippen LogP contribution in [0.5, 0.6) is 0 Å². The van der Waals surface area contributed by atoms with Gasteiger partial charge in [-0.1, -0.05) is 40.0 Å². The summed E-state index contributed by atoms with van der Waals surface area (Å²) in [5, 5.41) is 0. The van der Waals surface area contributed by atoms with Gasteiger partial charge in [-0.05, 0) is 77.0 Å². The van der Waals surface area contributed by atoms with Crippen molar-refractivity contribution in [1.82, 2.24) is 9.80 Å². The number of hydrogen-bond acceptors (Lipinski definition) is 5. The monoisotopic (exact) mass is 477 g/mol. The molecule has 3 fully saturated rings. The summed E-state index contributed by atoms with van der Waals surface area (Å²) < 4.78 is 5.78. The van der Waals surface area contributed by atoms with Crippen molar-refractivity contribution in [3.05, 3.63) is 0 Å². The molecular weight excluding hydrogens is 430 g/mol. The van der Waals surface area contributed by atoms with Crippen molar-refractivity contribution in [2.75, 3.05) is 0 Å². The predicted octanol–water partition coefficient (Wildman–Crippen LogP) is 4.37. The Bertz CT molecular complexity index is 776. The van der Waals surface area contributed by atoms with Gasteiger partial charge in [-0.25, -0.2) is 4.79 Å². The van der Waals surface area contributed by atoms with E-state index in [-0.39, 0.29) is 23.8 Å². The van der Waals surface area contributed by atoms with E-state index in [0.717, 1.165) is 44.9 Å². The topological polar surface area (TPSA) is 92.9 Å². The number of hydrogen-bond donors (Lipinski definition) is 1. The van der Waals surface area contributed by atoms with E-state index >= 15 is 0 Å². The standard InChI is InChI=1S/C27H47N3O4/c1-18(31)30(27(28)15-11-8-12-16-27)22(25(2,3)4)23(32)29-20-14-10-9-13-19(20)17-21(29)24(33)34-26(5,6)7/h19-22H,8-17,28H2,1-7H3. The van der Waals surface area contributed by atoms with Gasteiger partial charge in [0.25, 0.3) is 0 Å². The van der Waals surface area contributed by atoms with Crippen molar-refractivity contribution in [1.29, 1.82) is 0 Å². The fourth-order valence-corrected chi connectivity index (χ4v) is 6.52. The SMILES string of the molecule is CC(=O)N(C(C(=O)N1C(C(=O)OC(C)(C)C)CC2CCCCC21)C(C)(C)C)C1(N)CCCCC1. The lowest BCUT2D eigenvalue weighted by atomic mass is 9.79. The van der Waals surface area contributed by atoms with Gasteiger partial charge >= 0.3 is 5.97 Å². The van der Waals surface area contributed by atoms with Crippen molar-refractivity contribution in [3.63, 3.8) is 0 Å². The molecule has 34 heavy (non-hydrogen) atoms. The number of ether oxygens (including phenoxy) is 1. The van der Waals surface area contributed by atoms with Gasteiger partial charge in [0.15, 0.2) is 0 Å². The number of nitrogens with two attached hydrogens (primary N) is 1. The number of rotatable bonds is 4. The van der Waals surface area contributed by atoms with Crippen LogP contribution >= 0.6 is 0 Å². The van der Waals surface area contributed by atoms with Crippen molar-refractivity contribution in [2.24, 2.45) is 17.1 Å². The Labute approximate surface area is 206 Å². The molecule has 0 spiro atoms. The molecule has 2 saturated carbocycles. The van der Waals surface area contributed by atoms with Crippen LogP contribution in [0.2, 0.25) is 0 Å². The van der Waals surface area contributed by atoms with Crippen molar-refractivity contribution < 1.29 is 19.1 Å². The smallest absolute Gasteiger partial charge is 0.329 e. The first-order chi connectivity index (χ1) is 15.7. The maximum Gasteiger partial charge on any atom is 0.329 e. The van der Waals surface area contributed by atoms with Gasteiger partial charge in [-0.15, -0.1) is 0 Å². The largest absolute Gasteiger partial charge is 0.458 e. The van der Waals surface area contributed by atoms with E-state index in [1.807, 2.05) is 46.4 Å². The summed E-state index contributed by atoms with van der Waals surface area (Å²) in [6.45, 7) is 13.1. The zero-order valence-electron chi connectivity index (χ0n) is 22.5. The predicted molar refractivity (Wildman–Crippen MR) is 133 cm³/mol. The Balaban J connectivity index is 2.03. The van der Waals surface area contributed by atoms with Crippen LogP contribution < -0.4 is 5.73 Å². The highest BCUT2D eigenvalue weighted by Crippen LogP contribution is 2.43. The first-order valence-electron chi connectivity index (χ1n) is 13.3. The van der Waals surface area contributed by atoms with E-state index in [0.29, 0.717) is 25.2 Å². The number of carbonyl (C=O) groups excluding carboxylic acids is 3. The molecule has 3 rings (SSSR count). The maximum absolute atomic E-state index is 14.5. The summed E-state index contributed by atoms with van der Waals surface area (Å²) in [6.07, 6.45) is 9.07. The molecule has 1 aliphatic heterocycles. The third-order valence-corrected chi connectivity index (χ3v) is 7.87. The minimum atomic E-state index is -0.842. The quantitative estimate of drug-likeness (QED) is 0.479. The molecule has 2 amide bonds. The summed E-state index contributed by atoms with van der Waals surface area (Å²) in [7, 11) is 0. The Morgan fingerprint density at radius 2 is 1.56 bits per heavy atom. The van der Waals surface area contributed by atoms with Crippen LogP contribution in [0.15, 0.2) is 0 Å². The Morgan fingerprint density at radius 1 is 0.971 bits per heavy atom. The van der Waals surface area contributed by atoms with Crippen LogP contribution in [-0.4, -0.2) is 57.0 Å². The van der Waals surface area contributed by atoms with Crippen LogP contribution in [0.4, 0.5) is 0 Å². The fraction of sp³-hybridized carbons (Fsp3) is 0.889. The van der Waals surface area contributed by atoms with Crippen molar-refractivity contribution >= 4 is 17.8 Å². The Hall–Kier alpha value is -1.63. The molecule has 0 aromatic heterocycles. The molecule has 4 atom stereocenters. The summed E-state index contributed by atoms with van der Waals surface area (Å²) in [6, 6.07) is -1.34. The molecule has 2 aliphatic carbocycles. The molecule has 1 heterocycles. The molecule has 7 nitrogen and oxygen atoms in total. The third kappa shape index (κ3) is 5.60. The molecular formula is C27H47N3O4. The average molecular weight is 478 g/mol. The van der Waals surface area contributed by atoms with E-state index in [9.17, 15) is 14.4 Å². The van der Waals surface area contributed by atoms with Gasteiger partial charge in [-0.3, -0.25) is 9.59 Å². The van der Waals surface area contributed by atoms with Gasteiger partial charge in [0.05, 0.1) is 5.66 Å². The van der Waals surface area contributed by atoms with Crippen LogP contribution in [0, 0.1) is 11.3 Å². The molecule has 4 unspecified atom stereocenters. The highest BCUT2D eigenvalue weighted by molar-refractivity contribution is 5.92. The lowest BCUT2D eigenvalue weighted by molar-refractivity contribution is -0.170. The van der Waals surface area contributed by atoms with E-state index in [1.54, 1.807) is 4.90 Å². The fourth-order valence-electron chi connectivity index (χ4n) is 6.52. The highest BCUT2D eigenvalue weighted by atomic mass is 16.6. The van der Waals surface area contributed by atoms with E-state index in [2.05, 4.69) is 0 Å². The summed E-state index contributed by atoms with van der Waals surface area (Å²) in [5.74, 6) is -0.366.